The number of nitrogen functional groups attached to an aromatic ring is 1. The van der Waals surface area contributed by atoms with Crippen LogP contribution in [0.4, 0.5) is 16.4 Å². The Morgan fingerprint density at radius 1 is 0.805 bits per heavy atom. The van der Waals surface area contributed by atoms with E-state index in [9.17, 15) is 14.4 Å². The van der Waals surface area contributed by atoms with Crippen molar-refractivity contribution < 1.29 is 14.4 Å². The highest BCUT2D eigenvalue weighted by Gasteiger charge is 2.34. The van der Waals surface area contributed by atoms with Gasteiger partial charge in [0.05, 0.1) is 11.3 Å². The molecule has 0 saturated carbocycles. The van der Waals surface area contributed by atoms with Crippen molar-refractivity contribution in [2.75, 3.05) is 16.4 Å². The summed E-state index contributed by atoms with van der Waals surface area (Å²) in [6.07, 6.45) is 6.26. The first-order valence-corrected chi connectivity index (χ1v) is 13.8. The van der Waals surface area contributed by atoms with E-state index >= 15 is 0 Å². The van der Waals surface area contributed by atoms with Gasteiger partial charge in [-0.05, 0) is 47.9 Å². The summed E-state index contributed by atoms with van der Waals surface area (Å²) < 4.78 is 0. The fourth-order valence-electron chi connectivity index (χ4n) is 4.98. The SMILES string of the molecule is CC1=C(C(=O)Nc2ccccc2)C(=C2C=CC(=O)C=C2)c2c(sc(C(=O)c3ccc(-c4ccccc4)cc3)c2N)N1. The number of hydrogen-bond donors (Lipinski definition) is 3. The van der Waals surface area contributed by atoms with Crippen molar-refractivity contribution >= 4 is 50.8 Å². The molecule has 0 unspecified atom stereocenters. The number of anilines is 3. The fourth-order valence-corrected chi connectivity index (χ4v) is 6.12. The standard InChI is InChI=1S/C34H25N3O3S/c1-20-27(33(40)37-25-10-6-3-7-11-25)28(23-16-18-26(38)19-17-23)29-30(35)32(41-34(29)36-20)31(39)24-14-12-22(13-15-24)21-8-4-2-5-9-21/h2-19,36H,35H2,1H3,(H,37,40). The van der Waals surface area contributed by atoms with Crippen LogP contribution in [0.2, 0.25) is 0 Å². The highest BCUT2D eigenvalue weighted by Crippen LogP contribution is 2.49. The number of carbonyl (C=O) groups excluding carboxylic acids is 3. The van der Waals surface area contributed by atoms with Gasteiger partial charge in [-0.25, -0.2) is 0 Å². The van der Waals surface area contributed by atoms with Crippen molar-refractivity contribution in [3.8, 4) is 11.1 Å². The van der Waals surface area contributed by atoms with Crippen LogP contribution in [-0.2, 0) is 9.59 Å². The molecule has 0 atom stereocenters. The van der Waals surface area contributed by atoms with Crippen molar-refractivity contribution in [1.82, 2.24) is 0 Å². The first-order valence-electron chi connectivity index (χ1n) is 13.0. The molecule has 1 amide bonds. The van der Waals surface area contributed by atoms with E-state index in [1.807, 2.05) is 67.6 Å². The number of benzene rings is 3. The Hall–Kier alpha value is -5.27. The zero-order chi connectivity index (χ0) is 28.5. The molecule has 2 aliphatic rings. The molecule has 6 rings (SSSR count). The topological polar surface area (TPSA) is 101 Å². The second kappa shape index (κ2) is 10.7. The number of ketones is 2. The highest BCUT2D eigenvalue weighted by atomic mass is 32.1. The summed E-state index contributed by atoms with van der Waals surface area (Å²) in [7, 11) is 0. The van der Waals surface area contributed by atoms with Gasteiger partial charge in [-0.2, -0.15) is 0 Å². The number of amides is 1. The fraction of sp³-hybridized carbons (Fsp3) is 0.0294. The van der Waals surface area contributed by atoms with E-state index in [4.69, 9.17) is 5.73 Å². The molecule has 1 aliphatic heterocycles. The average Bonchev–Trinajstić information content (AvgIpc) is 3.32. The van der Waals surface area contributed by atoms with Gasteiger partial charge in [-0.3, -0.25) is 14.4 Å². The second-order valence-corrected chi connectivity index (χ2v) is 10.7. The van der Waals surface area contributed by atoms with Crippen molar-refractivity contribution in [2.45, 2.75) is 6.92 Å². The summed E-state index contributed by atoms with van der Waals surface area (Å²) in [5.41, 5.74) is 13.0. The van der Waals surface area contributed by atoms with Crippen molar-refractivity contribution in [1.29, 1.82) is 0 Å². The molecule has 0 fully saturated rings. The molecule has 0 saturated heterocycles. The molecular formula is C34H25N3O3S. The minimum Gasteiger partial charge on any atom is -0.397 e. The van der Waals surface area contributed by atoms with Gasteiger partial charge in [0.15, 0.2) is 5.78 Å². The number of fused-ring (bicyclic) bond motifs is 1. The van der Waals surface area contributed by atoms with E-state index in [-0.39, 0.29) is 23.2 Å². The lowest BCUT2D eigenvalue weighted by Crippen LogP contribution is -2.22. The minimum absolute atomic E-state index is 0.146. The molecule has 0 radical (unpaired) electrons. The van der Waals surface area contributed by atoms with Crippen LogP contribution in [0.5, 0.6) is 0 Å². The van der Waals surface area contributed by atoms with Gasteiger partial charge >= 0.3 is 0 Å². The van der Waals surface area contributed by atoms with E-state index < -0.39 is 0 Å². The maximum absolute atomic E-state index is 13.7. The van der Waals surface area contributed by atoms with Gasteiger partial charge in [0.25, 0.3) is 5.91 Å². The predicted molar refractivity (Wildman–Crippen MR) is 166 cm³/mol. The van der Waals surface area contributed by atoms with Crippen LogP contribution in [0, 0.1) is 0 Å². The smallest absolute Gasteiger partial charge is 0.258 e. The van der Waals surface area contributed by atoms with Crippen LogP contribution < -0.4 is 16.4 Å². The molecule has 3 aromatic carbocycles. The predicted octanol–water partition coefficient (Wildman–Crippen LogP) is 7.02. The number of carbonyl (C=O) groups is 3. The molecule has 1 aromatic heterocycles. The van der Waals surface area contributed by atoms with Gasteiger partial charge in [-0.1, -0.05) is 84.9 Å². The van der Waals surface area contributed by atoms with E-state index in [1.165, 1.54) is 23.5 Å². The van der Waals surface area contributed by atoms with E-state index in [1.54, 1.807) is 36.4 Å². The zero-order valence-electron chi connectivity index (χ0n) is 22.1. The molecule has 6 nitrogen and oxygen atoms in total. The van der Waals surface area contributed by atoms with Crippen LogP contribution in [-0.4, -0.2) is 17.5 Å². The minimum atomic E-state index is -0.331. The average molecular weight is 556 g/mol. The molecule has 4 N–H and O–H groups in total. The Labute approximate surface area is 241 Å². The highest BCUT2D eigenvalue weighted by molar-refractivity contribution is 7.19. The number of nitrogens with one attached hydrogen (secondary N) is 2. The van der Waals surface area contributed by atoms with Crippen molar-refractivity contribution in [3.05, 3.63) is 142 Å². The largest absolute Gasteiger partial charge is 0.397 e. The third kappa shape index (κ3) is 4.95. The summed E-state index contributed by atoms with van der Waals surface area (Å²) in [6.45, 7) is 1.81. The van der Waals surface area contributed by atoms with Gasteiger partial charge in [0.2, 0.25) is 5.78 Å². The molecule has 4 aromatic rings. The molecule has 1 aliphatic carbocycles. The third-order valence-corrected chi connectivity index (χ3v) is 8.10. The maximum Gasteiger partial charge on any atom is 0.258 e. The Balaban J connectivity index is 1.41. The summed E-state index contributed by atoms with van der Waals surface area (Å²) >= 11 is 1.25. The lowest BCUT2D eigenvalue weighted by atomic mass is 9.87. The molecular weight excluding hydrogens is 530 g/mol. The van der Waals surface area contributed by atoms with Gasteiger partial charge in [0.1, 0.15) is 9.88 Å². The number of thiophene rings is 1. The number of allylic oxidation sites excluding steroid dienone is 6. The molecule has 2 heterocycles. The van der Waals surface area contributed by atoms with Crippen LogP contribution in [0.15, 0.2) is 126 Å². The number of nitrogens with two attached hydrogens (primary N) is 1. The lowest BCUT2D eigenvalue weighted by Gasteiger charge is -2.25. The summed E-state index contributed by atoms with van der Waals surface area (Å²) in [6, 6.07) is 26.6. The normalized spacial score (nSPS) is 14.1. The first-order chi connectivity index (χ1) is 19.9. The van der Waals surface area contributed by atoms with E-state index in [2.05, 4.69) is 10.6 Å². The summed E-state index contributed by atoms with van der Waals surface area (Å²) in [4.78, 5) is 39.7. The van der Waals surface area contributed by atoms with Gasteiger partial charge < -0.3 is 16.4 Å². The Bertz CT molecular complexity index is 1810. The maximum atomic E-state index is 13.7. The second-order valence-electron chi connectivity index (χ2n) is 9.67. The number of rotatable bonds is 5. The molecule has 200 valence electrons. The van der Waals surface area contributed by atoms with Gasteiger partial charge in [-0.15, -0.1) is 11.3 Å². The number of hydrogen-bond acceptors (Lipinski definition) is 6. The van der Waals surface area contributed by atoms with E-state index in [0.29, 0.717) is 49.1 Å². The monoisotopic (exact) mass is 555 g/mol. The Morgan fingerprint density at radius 2 is 1.41 bits per heavy atom. The Morgan fingerprint density at radius 3 is 2.07 bits per heavy atom. The molecule has 0 bridgehead atoms. The van der Waals surface area contributed by atoms with Crippen molar-refractivity contribution in [2.24, 2.45) is 0 Å². The van der Waals surface area contributed by atoms with Crippen molar-refractivity contribution in [3.63, 3.8) is 0 Å². The van der Waals surface area contributed by atoms with Crippen LogP contribution >= 0.6 is 11.3 Å². The Kier molecular flexibility index (Phi) is 6.79. The van der Waals surface area contributed by atoms with Crippen LogP contribution in [0.3, 0.4) is 0 Å². The molecule has 41 heavy (non-hydrogen) atoms. The third-order valence-electron chi connectivity index (χ3n) is 6.98. The summed E-state index contributed by atoms with van der Waals surface area (Å²) in [5.74, 6) is -0.680. The zero-order valence-corrected chi connectivity index (χ0v) is 22.9. The lowest BCUT2D eigenvalue weighted by molar-refractivity contribution is -0.112. The quantitative estimate of drug-likeness (QED) is 0.230. The van der Waals surface area contributed by atoms with Gasteiger partial charge in [0, 0.05) is 28.1 Å². The van der Waals surface area contributed by atoms with E-state index in [0.717, 1.165) is 11.1 Å². The summed E-state index contributed by atoms with van der Waals surface area (Å²) in [5, 5.41) is 6.93. The first kappa shape index (κ1) is 26.0. The van der Waals surface area contributed by atoms with Crippen LogP contribution in [0.25, 0.3) is 16.7 Å². The molecule has 7 heteroatoms. The van der Waals surface area contributed by atoms with Crippen LogP contribution in [0.1, 0.15) is 27.7 Å². The number of para-hydroxylation sites is 1. The molecule has 0 spiro atoms.